The molecule has 1 atom stereocenters. The van der Waals surface area contributed by atoms with Crippen molar-refractivity contribution >= 4 is 17.8 Å². The highest BCUT2D eigenvalue weighted by molar-refractivity contribution is 5.88. The van der Waals surface area contributed by atoms with Crippen LogP contribution in [0.4, 0.5) is 10.6 Å². The van der Waals surface area contributed by atoms with Gasteiger partial charge in [-0.25, -0.2) is 9.78 Å². The Labute approximate surface area is 152 Å². The molecule has 0 saturated heterocycles. The van der Waals surface area contributed by atoms with Crippen LogP contribution in [0.15, 0.2) is 42.5 Å². The zero-order valence-electron chi connectivity index (χ0n) is 14.6. The number of aliphatic carboxylic acids is 1. The number of anilines is 1. The number of aryl methyl sites for hydroxylation is 2. The lowest BCUT2D eigenvalue weighted by Gasteiger charge is -2.18. The van der Waals surface area contributed by atoms with Gasteiger partial charge in [0.1, 0.15) is 5.82 Å². The molecular weight excluding hydrogens is 330 g/mol. The smallest absolute Gasteiger partial charge is 0.320 e. The molecule has 0 spiro atoms. The van der Waals surface area contributed by atoms with E-state index in [0.717, 1.165) is 30.5 Å². The first-order chi connectivity index (χ1) is 12.6. The molecule has 136 valence electrons. The lowest BCUT2D eigenvalue weighted by atomic mass is 10.0. The average molecular weight is 353 g/mol. The summed E-state index contributed by atoms with van der Waals surface area (Å²) >= 11 is 0. The van der Waals surface area contributed by atoms with Crippen molar-refractivity contribution < 1.29 is 14.7 Å². The minimum absolute atomic E-state index is 0.00880. The quantitative estimate of drug-likeness (QED) is 0.713. The number of carboxylic acids is 1. The third-order valence-electron chi connectivity index (χ3n) is 4.54. The second-order valence-corrected chi connectivity index (χ2v) is 6.57. The minimum Gasteiger partial charge on any atom is -0.481 e. The maximum atomic E-state index is 12.3. The summed E-state index contributed by atoms with van der Waals surface area (Å²) in [6.07, 6.45) is 4.06. The van der Waals surface area contributed by atoms with E-state index in [2.05, 4.69) is 15.6 Å². The Balaban J connectivity index is 1.61. The highest BCUT2D eigenvalue weighted by atomic mass is 16.4. The van der Waals surface area contributed by atoms with Crippen molar-refractivity contribution in [2.24, 2.45) is 0 Å². The normalized spacial score (nSPS) is 13.7. The van der Waals surface area contributed by atoms with Gasteiger partial charge in [-0.1, -0.05) is 36.4 Å². The van der Waals surface area contributed by atoms with E-state index < -0.39 is 5.97 Å². The fourth-order valence-corrected chi connectivity index (χ4v) is 3.25. The van der Waals surface area contributed by atoms with Crippen molar-refractivity contribution in [2.75, 3.05) is 5.32 Å². The van der Waals surface area contributed by atoms with E-state index in [-0.39, 0.29) is 18.5 Å². The number of carbonyl (C=O) groups excluding carboxylic acids is 1. The van der Waals surface area contributed by atoms with E-state index in [9.17, 15) is 9.59 Å². The Morgan fingerprint density at radius 3 is 2.69 bits per heavy atom. The van der Waals surface area contributed by atoms with E-state index in [0.29, 0.717) is 18.7 Å². The van der Waals surface area contributed by atoms with Crippen LogP contribution >= 0.6 is 0 Å². The number of amides is 2. The Hall–Kier alpha value is -2.89. The number of fused-ring (bicyclic) bond motifs is 1. The van der Waals surface area contributed by atoms with Gasteiger partial charge in [0.15, 0.2) is 0 Å². The van der Waals surface area contributed by atoms with Crippen LogP contribution in [0.5, 0.6) is 0 Å². The van der Waals surface area contributed by atoms with Crippen molar-refractivity contribution in [2.45, 2.75) is 44.6 Å². The number of carboxylic acid groups (broad SMARTS) is 1. The standard InChI is InChI=1S/C20H23N3O3/c24-19(25)12-10-16(13-14-5-2-1-3-6-14)21-20(26)23-18-11-9-15-7-4-8-17(15)22-18/h1-3,5-6,9,11,16H,4,7-8,10,12-13H2,(H,24,25)(H2,21,22,23,26). The van der Waals surface area contributed by atoms with Gasteiger partial charge in [-0.3, -0.25) is 10.1 Å². The summed E-state index contributed by atoms with van der Waals surface area (Å²) in [7, 11) is 0. The molecule has 0 aliphatic heterocycles. The number of nitrogens with zero attached hydrogens (tertiary/aromatic N) is 1. The molecule has 1 aromatic carbocycles. The van der Waals surface area contributed by atoms with Gasteiger partial charge in [-0.05, 0) is 49.3 Å². The summed E-state index contributed by atoms with van der Waals surface area (Å²) in [5, 5.41) is 14.6. The summed E-state index contributed by atoms with van der Waals surface area (Å²) < 4.78 is 0. The summed E-state index contributed by atoms with van der Waals surface area (Å²) in [4.78, 5) is 27.7. The van der Waals surface area contributed by atoms with E-state index in [1.165, 1.54) is 5.56 Å². The van der Waals surface area contributed by atoms with Crippen LogP contribution in [-0.2, 0) is 24.1 Å². The molecule has 3 rings (SSSR count). The molecule has 1 aliphatic carbocycles. The largest absolute Gasteiger partial charge is 0.481 e. The van der Waals surface area contributed by atoms with Gasteiger partial charge in [0.2, 0.25) is 0 Å². The number of hydrogen-bond donors (Lipinski definition) is 3. The number of benzene rings is 1. The Morgan fingerprint density at radius 1 is 1.12 bits per heavy atom. The zero-order chi connectivity index (χ0) is 18.4. The van der Waals surface area contributed by atoms with E-state index >= 15 is 0 Å². The number of hydrogen-bond acceptors (Lipinski definition) is 3. The molecule has 2 aromatic rings. The van der Waals surface area contributed by atoms with Crippen molar-refractivity contribution in [3.63, 3.8) is 0 Å². The van der Waals surface area contributed by atoms with Crippen LogP contribution < -0.4 is 10.6 Å². The molecule has 1 unspecified atom stereocenters. The third kappa shape index (κ3) is 5.05. The van der Waals surface area contributed by atoms with Gasteiger partial charge in [0, 0.05) is 18.2 Å². The van der Waals surface area contributed by atoms with Crippen molar-refractivity contribution in [1.82, 2.24) is 10.3 Å². The molecule has 6 nitrogen and oxygen atoms in total. The molecule has 1 aromatic heterocycles. The molecular formula is C20H23N3O3. The second-order valence-electron chi connectivity index (χ2n) is 6.57. The highest BCUT2D eigenvalue weighted by Crippen LogP contribution is 2.21. The minimum atomic E-state index is -0.870. The molecule has 0 fully saturated rings. The first-order valence-electron chi connectivity index (χ1n) is 8.92. The zero-order valence-corrected chi connectivity index (χ0v) is 14.6. The van der Waals surface area contributed by atoms with Gasteiger partial charge in [-0.2, -0.15) is 0 Å². The van der Waals surface area contributed by atoms with Crippen molar-refractivity contribution in [3.05, 3.63) is 59.3 Å². The second kappa shape index (κ2) is 8.47. The number of carbonyl (C=O) groups is 2. The van der Waals surface area contributed by atoms with E-state index in [1.807, 2.05) is 42.5 Å². The number of urea groups is 1. The van der Waals surface area contributed by atoms with Gasteiger partial charge in [0.05, 0.1) is 0 Å². The number of pyridine rings is 1. The highest BCUT2D eigenvalue weighted by Gasteiger charge is 2.17. The first-order valence-corrected chi connectivity index (χ1v) is 8.92. The predicted molar refractivity (Wildman–Crippen MR) is 99.2 cm³/mol. The van der Waals surface area contributed by atoms with Crippen LogP contribution in [0.1, 0.15) is 36.1 Å². The third-order valence-corrected chi connectivity index (χ3v) is 4.54. The van der Waals surface area contributed by atoms with Gasteiger partial charge < -0.3 is 10.4 Å². The van der Waals surface area contributed by atoms with E-state index in [1.54, 1.807) is 0 Å². The average Bonchev–Trinajstić information content (AvgIpc) is 3.08. The molecule has 0 bridgehead atoms. The van der Waals surface area contributed by atoms with Gasteiger partial charge in [0.25, 0.3) is 0 Å². The summed E-state index contributed by atoms with van der Waals surface area (Å²) in [6, 6.07) is 12.9. The summed E-state index contributed by atoms with van der Waals surface area (Å²) in [5.74, 6) is -0.342. The predicted octanol–water partition coefficient (Wildman–Crippen LogP) is 3.17. The van der Waals surface area contributed by atoms with Gasteiger partial charge in [-0.15, -0.1) is 0 Å². The molecule has 1 aliphatic rings. The Morgan fingerprint density at radius 2 is 1.92 bits per heavy atom. The Bertz CT molecular complexity index is 777. The van der Waals surface area contributed by atoms with Crippen molar-refractivity contribution in [3.8, 4) is 0 Å². The molecule has 0 saturated carbocycles. The fraction of sp³-hybridized carbons (Fsp3) is 0.350. The molecule has 2 amide bonds. The SMILES string of the molecule is O=C(O)CCC(Cc1ccccc1)NC(=O)Nc1ccc2c(n1)CCC2. The maximum absolute atomic E-state index is 12.3. The van der Waals surface area contributed by atoms with Crippen LogP contribution in [0.25, 0.3) is 0 Å². The van der Waals surface area contributed by atoms with Crippen molar-refractivity contribution in [1.29, 1.82) is 0 Å². The topological polar surface area (TPSA) is 91.3 Å². The monoisotopic (exact) mass is 353 g/mol. The number of nitrogens with one attached hydrogen (secondary N) is 2. The fourth-order valence-electron chi connectivity index (χ4n) is 3.25. The molecule has 1 heterocycles. The first kappa shape index (κ1) is 17.9. The molecule has 6 heteroatoms. The number of aromatic nitrogens is 1. The maximum Gasteiger partial charge on any atom is 0.320 e. The summed E-state index contributed by atoms with van der Waals surface area (Å²) in [6.45, 7) is 0. The van der Waals surface area contributed by atoms with E-state index in [4.69, 9.17) is 5.11 Å². The van der Waals surface area contributed by atoms with Crippen LogP contribution in [0, 0.1) is 0 Å². The van der Waals surface area contributed by atoms with Crippen LogP contribution in [0.3, 0.4) is 0 Å². The molecule has 0 radical (unpaired) electrons. The summed E-state index contributed by atoms with van der Waals surface area (Å²) in [5.41, 5.74) is 3.35. The molecule has 3 N–H and O–H groups in total. The van der Waals surface area contributed by atoms with Crippen LogP contribution in [0.2, 0.25) is 0 Å². The Kier molecular flexibility index (Phi) is 5.84. The number of rotatable bonds is 7. The van der Waals surface area contributed by atoms with Crippen LogP contribution in [-0.4, -0.2) is 28.1 Å². The lowest BCUT2D eigenvalue weighted by molar-refractivity contribution is -0.137. The molecule has 26 heavy (non-hydrogen) atoms. The van der Waals surface area contributed by atoms with Gasteiger partial charge >= 0.3 is 12.0 Å². The lowest BCUT2D eigenvalue weighted by Crippen LogP contribution is -2.39.